The number of carboxylic acids is 1. The van der Waals surface area contributed by atoms with Crippen molar-refractivity contribution in [2.24, 2.45) is 0 Å². The Morgan fingerprint density at radius 2 is 2.00 bits per heavy atom. The fourth-order valence-corrected chi connectivity index (χ4v) is 1.35. The highest BCUT2D eigenvalue weighted by Crippen LogP contribution is 2.23. The third kappa shape index (κ3) is 2.31. The predicted octanol–water partition coefficient (Wildman–Crippen LogP) is 1.36. The Bertz CT molecular complexity index is 496. The van der Waals surface area contributed by atoms with Crippen molar-refractivity contribution in [1.29, 1.82) is 0 Å². The second kappa shape index (κ2) is 4.65. The summed E-state index contributed by atoms with van der Waals surface area (Å²) in [6.07, 6.45) is 2.13. The Kier molecular flexibility index (Phi) is 3.50. The standard InChI is InChI=1S/C11H12O5/c1-6-8(4-5-9(12)13)16-11(14)7(2)10(6)15-3/h4-5H,1-3H3,(H,12,13)/b5-4+. The zero-order valence-corrected chi connectivity index (χ0v) is 9.23. The van der Waals surface area contributed by atoms with Crippen LogP contribution in [-0.2, 0) is 4.79 Å². The van der Waals surface area contributed by atoms with Crippen LogP contribution in [0.25, 0.3) is 6.08 Å². The van der Waals surface area contributed by atoms with Gasteiger partial charge in [-0.15, -0.1) is 0 Å². The minimum absolute atomic E-state index is 0.190. The van der Waals surface area contributed by atoms with Crippen molar-refractivity contribution >= 4 is 12.0 Å². The van der Waals surface area contributed by atoms with Crippen molar-refractivity contribution in [3.8, 4) is 5.75 Å². The third-order valence-corrected chi connectivity index (χ3v) is 2.14. The first-order chi connectivity index (χ1) is 7.47. The number of hydrogen-bond donors (Lipinski definition) is 1. The average molecular weight is 224 g/mol. The molecule has 5 heteroatoms. The number of aliphatic carboxylic acids is 1. The molecule has 0 amide bonds. The van der Waals surface area contributed by atoms with Crippen LogP contribution < -0.4 is 10.4 Å². The third-order valence-electron chi connectivity index (χ3n) is 2.14. The molecule has 1 N–H and O–H groups in total. The Morgan fingerprint density at radius 1 is 1.38 bits per heavy atom. The molecule has 0 aliphatic carbocycles. The van der Waals surface area contributed by atoms with Crippen molar-refractivity contribution in [2.75, 3.05) is 7.11 Å². The molecule has 1 rings (SSSR count). The quantitative estimate of drug-likeness (QED) is 0.784. The summed E-state index contributed by atoms with van der Waals surface area (Å²) in [7, 11) is 1.44. The van der Waals surface area contributed by atoms with E-state index in [2.05, 4.69) is 0 Å². The van der Waals surface area contributed by atoms with Crippen LogP contribution >= 0.6 is 0 Å². The molecular weight excluding hydrogens is 212 g/mol. The molecule has 0 fully saturated rings. The molecule has 0 aliphatic heterocycles. The van der Waals surface area contributed by atoms with Crippen LogP contribution in [0.2, 0.25) is 0 Å². The second-order valence-corrected chi connectivity index (χ2v) is 3.21. The average Bonchev–Trinajstić information content (AvgIpc) is 2.22. The van der Waals surface area contributed by atoms with Gasteiger partial charge in [0, 0.05) is 11.6 Å². The van der Waals surface area contributed by atoms with E-state index in [9.17, 15) is 9.59 Å². The normalized spacial score (nSPS) is 10.7. The maximum Gasteiger partial charge on any atom is 0.342 e. The zero-order chi connectivity index (χ0) is 12.3. The van der Waals surface area contributed by atoms with Gasteiger partial charge in [-0.2, -0.15) is 0 Å². The van der Waals surface area contributed by atoms with Crippen LogP contribution in [0.15, 0.2) is 15.3 Å². The molecule has 5 nitrogen and oxygen atoms in total. The number of methoxy groups -OCH3 is 1. The number of carboxylic acid groups (broad SMARTS) is 1. The predicted molar refractivity (Wildman–Crippen MR) is 57.7 cm³/mol. The molecule has 0 unspecified atom stereocenters. The van der Waals surface area contributed by atoms with Gasteiger partial charge in [-0.1, -0.05) is 0 Å². The van der Waals surface area contributed by atoms with E-state index in [4.69, 9.17) is 14.3 Å². The van der Waals surface area contributed by atoms with Crippen LogP contribution in [-0.4, -0.2) is 18.2 Å². The molecule has 0 aromatic carbocycles. The minimum Gasteiger partial charge on any atom is -0.496 e. The van der Waals surface area contributed by atoms with Gasteiger partial charge in [0.2, 0.25) is 0 Å². The summed E-state index contributed by atoms with van der Waals surface area (Å²) in [4.78, 5) is 21.7. The largest absolute Gasteiger partial charge is 0.496 e. The first-order valence-electron chi connectivity index (χ1n) is 4.56. The van der Waals surface area contributed by atoms with Crippen molar-refractivity contribution in [3.63, 3.8) is 0 Å². The Morgan fingerprint density at radius 3 is 2.50 bits per heavy atom. The van der Waals surface area contributed by atoms with Gasteiger partial charge in [0.25, 0.3) is 0 Å². The molecule has 16 heavy (non-hydrogen) atoms. The van der Waals surface area contributed by atoms with Crippen LogP contribution in [0.1, 0.15) is 16.9 Å². The van der Waals surface area contributed by atoms with Crippen LogP contribution in [0.5, 0.6) is 5.75 Å². The highest BCUT2D eigenvalue weighted by atomic mass is 16.5. The molecule has 0 bridgehead atoms. The molecule has 0 aliphatic rings. The van der Waals surface area contributed by atoms with Gasteiger partial charge in [-0.3, -0.25) is 0 Å². The summed E-state index contributed by atoms with van der Waals surface area (Å²) in [5, 5.41) is 8.48. The monoisotopic (exact) mass is 224 g/mol. The summed E-state index contributed by atoms with van der Waals surface area (Å²) in [5.41, 5.74) is 0.428. The first-order valence-corrected chi connectivity index (χ1v) is 4.56. The molecule has 0 atom stereocenters. The number of carbonyl (C=O) groups is 1. The van der Waals surface area contributed by atoms with Crippen LogP contribution in [0.3, 0.4) is 0 Å². The van der Waals surface area contributed by atoms with Gasteiger partial charge < -0.3 is 14.3 Å². The van der Waals surface area contributed by atoms with E-state index in [0.717, 1.165) is 6.08 Å². The van der Waals surface area contributed by atoms with Gasteiger partial charge in [-0.05, 0) is 19.9 Å². The second-order valence-electron chi connectivity index (χ2n) is 3.21. The summed E-state index contributed by atoms with van der Waals surface area (Å²) in [6, 6.07) is 0. The molecule has 1 aromatic rings. The van der Waals surface area contributed by atoms with Crippen molar-refractivity contribution in [3.05, 3.63) is 33.4 Å². The van der Waals surface area contributed by atoms with Gasteiger partial charge in [-0.25, -0.2) is 9.59 Å². The Hall–Kier alpha value is -2.04. The van der Waals surface area contributed by atoms with E-state index >= 15 is 0 Å². The maximum atomic E-state index is 11.4. The lowest BCUT2D eigenvalue weighted by Gasteiger charge is -2.08. The van der Waals surface area contributed by atoms with E-state index < -0.39 is 11.6 Å². The minimum atomic E-state index is -1.11. The Labute approximate surface area is 92.0 Å². The zero-order valence-electron chi connectivity index (χ0n) is 9.23. The van der Waals surface area contributed by atoms with Crippen LogP contribution in [0, 0.1) is 13.8 Å². The molecule has 86 valence electrons. The lowest BCUT2D eigenvalue weighted by molar-refractivity contribution is -0.131. The van der Waals surface area contributed by atoms with E-state index in [-0.39, 0.29) is 5.76 Å². The van der Waals surface area contributed by atoms with Crippen molar-refractivity contribution in [1.82, 2.24) is 0 Å². The molecular formula is C11H12O5. The number of ether oxygens (including phenoxy) is 1. The maximum absolute atomic E-state index is 11.4. The van der Waals surface area contributed by atoms with Gasteiger partial charge in [0.15, 0.2) is 0 Å². The fraction of sp³-hybridized carbons (Fsp3) is 0.273. The topological polar surface area (TPSA) is 76.7 Å². The lowest BCUT2D eigenvalue weighted by atomic mass is 10.1. The smallest absolute Gasteiger partial charge is 0.342 e. The van der Waals surface area contributed by atoms with E-state index in [1.165, 1.54) is 13.2 Å². The fourth-order valence-electron chi connectivity index (χ4n) is 1.35. The molecule has 1 heterocycles. The number of rotatable bonds is 3. The van der Waals surface area contributed by atoms with Gasteiger partial charge >= 0.3 is 11.6 Å². The summed E-state index contributed by atoms with van der Waals surface area (Å²) in [6.45, 7) is 3.28. The molecule has 1 aromatic heterocycles. The molecule has 0 spiro atoms. The first kappa shape index (κ1) is 12.0. The summed E-state index contributed by atoms with van der Waals surface area (Å²) in [5.74, 6) is -0.502. The molecule has 0 saturated heterocycles. The highest BCUT2D eigenvalue weighted by Gasteiger charge is 2.12. The van der Waals surface area contributed by atoms with Gasteiger partial charge in [0.1, 0.15) is 11.5 Å². The molecule has 0 saturated carbocycles. The summed E-state index contributed by atoms with van der Waals surface area (Å²) >= 11 is 0. The number of hydrogen-bond acceptors (Lipinski definition) is 4. The van der Waals surface area contributed by atoms with E-state index in [1.54, 1.807) is 13.8 Å². The van der Waals surface area contributed by atoms with Gasteiger partial charge in [0.05, 0.1) is 12.7 Å². The SMILES string of the molecule is COc1c(C)c(/C=C/C(=O)O)oc(=O)c1C. The van der Waals surface area contributed by atoms with Crippen molar-refractivity contribution in [2.45, 2.75) is 13.8 Å². The lowest BCUT2D eigenvalue weighted by Crippen LogP contribution is -2.08. The Balaban J connectivity index is 3.37. The van der Waals surface area contributed by atoms with E-state index in [1.807, 2.05) is 0 Å². The highest BCUT2D eigenvalue weighted by molar-refractivity contribution is 5.85. The van der Waals surface area contributed by atoms with Crippen molar-refractivity contribution < 1.29 is 19.1 Å². The summed E-state index contributed by atoms with van der Waals surface area (Å²) < 4.78 is 10.0. The van der Waals surface area contributed by atoms with Crippen LogP contribution in [0.4, 0.5) is 0 Å². The van der Waals surface area contributed by atoms with E-state index in [0.29, 0.717) is 16.9 Å². The molecule has 0 radical (unpaired) electrons.